The number of aromatic nitrogens is 1. The largest absolute Gasteiger partial charge is 0.491 e. The van der Waals surface area contributed by atoms with E-state index in [4.69, 9.17) is 4.74 Å². The number of nitrogens with one attached hydrogen (secondary N) is 2. The minimum atomic E-state index is -0.353. The number of pyridine rings is 1. The van der Waals surface area contributed by atoms with Crippen molar-refractivity contribution in [3.63, 3.8) is 0 Å². The summed E-state index contributed by atoms with van der Waals surface area (Å²) < 4.78 is 5.60. The summed E-state index contributed by atoms with van der Waals surface area (Å²) in [5, 5.41) is 2.77. The molecule has 0 fully saturated rings. The number of anilines is 1. The van der Waals surface area contributed by atoms with E-state index < -0.39 is 0 Å². The Labute approximate surface area is 123 Å². The summed E-state index contributed by atoms with van der Waals surface area (Å²) in [5.74, 6) is 0.405. The topological polar surface area (TPSA) is 71.2 Å². The Balaban J connectivity index is 2.16. The molecule has 0 spiro atoms. The lowest BCUT2D eigenvalue weighted by Gasteiger charge is -2.13. The second-order valence-corrected chi connectivity index (χ2v) is 5.03. The number of aromatic amines is 1. The monoisotopic (exact) mass is 286 g/mol. The van der Waals surface area contributed by atoms with Crippen LogP contribution in [0.15, 0.2) is 41.2 Å². The molecule has 1 aromatic carbocycles. The first-order chi connectivity index (χ1) is 9.95. The van der Waals surface area contributed by atoms with E-state index in [9.17, 15) is 9.59 Å². The van der Waals surface area contributed by atoms with Crippen LogP contribution in [0.25, 0.3) is 0 Å². The lowest BCUT2D eigenvalue weighted by molar-refractivity contribution is 0.102. The zero-order valence-corrected chi connectivity index (χ0v) is 12.3. The van der Waals surface area contributed by atoms with Crippen LogP contribution in [0.5, 0.6) is 5.75 Å². The number of aryl methyl sites for hydroxylation is 1. The predicted octanol–water partition coefficient (Wildman–Crippen LogP) is 2.72. The summed E-state index contributed by atoms with van der Waals surface area (Å²) in [4.78, 5) is 25.8. The van der Waals surface area contributed by atoms with Gasteiger partial charge in [-0.2, -0.15) is 0 Å². The second kappa shape index (κ2) is 6.26. The number of benzene rings is 1. The Kier molecular flexibility index (Phi) is 4.42. The highest BCUT2D eigenvalue weighted by Gasteiger charge is 2.09. The van der Waals surface area contributed by atoms with Gasteiger partial charge < -0.3 is 15.0 Å². The van der Waals surface area contributed by atoms with Crippen molar-refractivity contribution >= 4 is 11.6 Å². The highest BCUT2D eigenvalue weighted by Crippen LogP contribution is 2.22. The maximum atomic E-state index is 12.1. The van der Waals surface area contributed by atoms with Gasteiger partial charge in [-0.3, -0.25) is 9.59 Å². The lowest BCUT2D eigenvalue weighted by Crippen LogP contribution is -2.18. The average molecular weight is 286 g/mol. The van der Waals surface area contributed by atoms with Gasteiger partial charge in [-0.05, 0) is 50.6 Å². The van der Waals surface area contributed by atoms with Gasteiger partial charge in [0.2, 0.25) is 5.56 Å². The Morgan fingerprint density at radius 3 is 2.62 bits per heavy atom. The van der Waals surface area contributed by atoms with Crippen LogP contribution >= 0.6 is 0 Å². The summed E-state index contributed by atoms with van der Waals surface area (Å²) >= 11 is 0. The number of rotatable bonds is 4. The van der Waals surface area contributed by atoms with E-state index in [1.165, 1.54) is 6.07 Å². The molecule has 2 aromatic rings. The van der Waals surface area contributed by atoms with E-state index in [1.807, 2.05) is 26.8 Å². The van der Waals surface area contributed by atoms with Gasteiger partial charge in [0.05, 0.1) is 6.10 Å². The maximum absolute atomic E-state index is 12.1. The molecular weight excluding hydrogens is 268 g/mol. The first-order valence-corrected chi connectivity index (χ1v) is 6.73. The molecule has 0 saturated heterocycles. The van der Waals surface area contributed by atoms with Crippen LogP contribution in [0.4, 0.5) is 5.69 Å². The first kappa shape index (κ1) is 14.8. The third-order valence-electron chi connectivity index (χ3n) is 2.83. The van der Waals surface area contributed by atoms with Crippen LogP contribution in [0, 0.1) is 6.92 Å². The SMILES string of the molecule is Cc1cc(OC(C)C)ccc1NC(=O)c1cccc(=O)[nH]1. The van der Waals surface area contributed by atoms with Crippen molar-refractivity contribution in [1.29, 1.82) is 0 Å². The molecule has 21 heavy (non-hydrogen) atoms. The molecule has 0 saturated carbocycles. The molecule has 5 heteroatoms. The van der Waals surface area contributed by atoms with Crippen molar-refractivity contribution in [2.45, 2.75) is 26.9 Å². The third-order valence-corrected chi connectivity index (χ3v) is 2.83. The standard InChI is InChI=1S/C16H18N2O3/c1-10(2)21-12-7-8-13(11(3)9-12)18-16(20)14-5-4-6-15(19)17-14/h4-10H,1-3H3,(H,17,19)(H,18,20). The Morgan fingerprint density at radius 2 is 2.00 bits per heavy atom. The number of carbonyl (C=O) groups excluding carboxylic acids is 1. The van der Waals surface area contributed by atoms with Crippen LogP contribution in [-0.2, 0) is 0 Å². The van der Waals surface area contributed by atoms with Crippen LogP contribution < -0.4 is 15.6 Å². The molecule has 2 rings (SSSR count). The number of hydrogen-bond donors (Lipinski definition) is 2. The molecule has 110 valence electrons. The fourth-order valence-corrected chi connectivity index (χ4v) is 1.89. The predicted molar refractivity (Wildman–Crippen MR) is 82.0 cm³/mol. The summed E-state index contributed by atoms with van der Waals surface area (Å²) in [6, 6.07) is 9.91. The minimum Gasteiger partial charge on any atom is -0.491 e. The molecule has 5 nitrogen and oxygen atoms in total. The highest BCUT2D eigenvalue weighted by atomic mass is 16.5. The van der Waals surface area contributed by atoms with E-state index in [2.05, 4.69) is 10.3 Å². The van der Waals surface area contributed by atoms with Gasteiger partial charge in [0.1, 0.15) is 11.4 Å². The van der Waals surface area contributed by atoms with Gasteiger partial charge in [-0.25, -0.2) is 0 Å². The van der Waals surface area contributed by atoms with Gasteiger partial charge >= 0.3 is 0 Å². The van der Waals surface area contributed by atoms with Crippen LogP contribution in [0.1, 0.15) is 29.9 Å². The van der Waals surface area contributed by atoms with E-state index in [1.54, 1.807) is 24.3 Å². The molecule has 0 unspecified atom stereocenters. The lowest BCUT2D eigenvalue weighted by atomic mass is 10.2. The number of ether oxygens (including phenoxy) is 1. The molecule has 1 amide bonds. The molecule has 0 aliphatic heterocycles. The van der Waals surface area contributed by atoms with Crippen molar-refractivity contribution < 1.29 is 9.53 Å². The van der Waals surface area contributed by atoms with Crippen molar-refractivity contribution in [3.05, 3.63) is 58.0 Å². The molecule has 0 radical (unpaired) electrons. The summed E-state index contributed by atoms with van der Waals surface area (Å²) in [6.07, 6.45) is 0.0965. The molecule has 0 aliphatic carbocycles. The smallest absolute Gasteiger partial charge is 0.272 e. The van der Waals surface area contributed by atoms with Crippen molar-refractivity contribution in [3.8, 4) is 5.75 Å². The highest BCUT2D eigenvalue weighted by molar-refractivity contribution is 6.03. The number of amides is 1. The Morgan fingerprint density at radius 1 is 1.24 bits per heavy atom. The zero-order chi connectivity index (χ0) is 15.4. The fraction of sp³-hybridized carbons (Fsp3) is 0.250. The Bertz CT molecular complexity index is 705. The van der Waals surface area contributed by atoms with Gasteiger partial charge in [0.25, 0.3) is 5.91 Å². The molecule has 1 aromatic heterocycles. The van der Waals surface area contributed by atoms with Crippen molar-refractivity contribution in [1.82, 2.24) is 4.98 Å². The van der Waals surface area contributed by atoms with Gasteiger partial charge in [0, 0.05) is 11.8 Å². The Hall–Kier alpha value is -2.56. The number of H-pyrrole nitrogens is 1. The molecule has 1 heterocycles. The molecular formula is C16H18N2O3. The van der Waals surface area contributed by atoms with Crippen LogP contribution in [0.2, 0.25) is 0 Å². The van der Waals surface area contributed by atoms with E-state index >= 15 is 0 Å². The summed E-state index contributed by atoms with van der Waals surface area (Å²) in [6.45, 7) is 5.80. The minimum absolute atomic E-state index is 0.0965. The van der Waals surface area contributed by atoms with E-state index in [0.29, 0.717) is 5.69 Å². The van der Waals surface area contributed by atoms with Crippen molar-refractivity contribution in [2.24, 2.45) is 0 Å². The van der Waals surface area contributed by atoms with Gasteiger partial charge in [0.15, 0.2) is 0 Å². The normalized spacial score (nSPS) is 10.5. The first-order valence-electron chi connectivity index (χ1n) is 6.73. The molecule has 0 atom stereocenters. The van der Waals surface area contributed by atoms with Crippen molar-refractivity contribution in [2.75, 3.05) is 5.32 Å². The van der Waals surface area contributed by atoms with Gasteiger partial charge in [-0.1, -0.05) is 6.07 Å². The summed E-state index contributed by atoms with van der Waals surface area (Å²) in [5.41, 5.74) is 1.49. The van der Waals surface area contributed by atoms with Gasteiger partial charge in [-0.15, -0.1) is 0 Å². The third kappa shape index (κ3) is 3.95. The maximum Gasteiger partial charge on any atom is 0.272 e. The molecule has 0 bridgehead atoms. The quantitative estimate of drug-likeness (QED) is 0.907. The molecule has 0 aliphatic rings. The fourth-order valence-electron chi connectivity index (χ4n) is 1.89. The number of hydrogen-bond acceptors (Lipinski definition) is 3. The zero-order valence-electron chi connectivity index (χ0n) is 12.3. The average Bonchev–Trinajstić information content (AvgIpc) is 2.41. The molecule has 2 N–H and O–H groups in total. The second-order valence-electron chi connectivity index (χ2n) is 5.03. The summed E-state index contributed by atoms with van der Waals surface area (Å²) in [7, 11) is 0. The number of carbonyl (C=O) groups is 1. The van der Waals surface area contributed by atoms with Crippen LogP contribution in [0.3, 0.4) is 0 Å². The van der Waals surface area contributed by atoms with E-state index in [0.717, 1.165) is 11.3 Å². The van der Waals surface area contributed by atoms with E-state index in [-0.39, 0.29) is 23.3 Å². The van der Waals surface area contributed by atoms with Crippen LogP contribution in [-0.4, -0.2) is 17.0 Å².